The van der Waals surface area contributed by atoms with Gasteiger partial charge in [0.1, 0.15) is 6.61 Å². The molecule has 0 amide bonds. The van der Waals surface area contributed by atoms with E-state index in [2.05, 4.69) is 36.4 Å². The standard InChI is InChI=1S/C31H23NO2/c33-31(34-20-24-13-8-12-22-11-4-5-14-25(22)24)29-26-15-6-7-16-28(26)32-30-23(17-18-27(29)30)19-21-9-2-1-3-10-21/h1-16,19H,17-18,20H2. The lowest BCUT2D eigenvalue weighted by Gasteiger charge is -2.13. The van der Waals surface area contributed by atoms with Gasteiger partial charge in [-0.15, -0.1) is 0 Å². The Kier molecular flexibility index (Phi) is 5.15. The van der Waals surface area contributed by atoms with Crippen LogP contribution in [-0.4, -0.2) is 11.0 Å². The molecule has 1 aromatic heterocycles. The van der Waals surface area contributed by atoms with Crippen LogP contribution in [0.3, 0.4) is 0 Å². The molecule has 3 heteroatoms. The first-order valence-electron chi connectivity index (χ1n) is 11.6. The van der Waals surface area contributed by atoms with E-state index in [1.807, 2.05) is 66.7 Å². The molecule has 0 N–H and O–H groups in total. The Bertz CT molecular complexity index is 1560. The third-order valence-electron chi connectivity index (χ3n) is 6.53. The predicted molar refractivity (Wildman–Crippen MR) is 137 cm³/mol. The Labute approximate surface area is 198 Å². The molecular formula is C31H23NO2. The van der Waals surface area contributed by atoms with Gasteiger partial charge in [0, 0.05) is 5.39 Å². The highest BCUT2D eigenvalue weighted by atomic mass is 16.5. The smallest absolute Gasteiger partial charge is 0.339 e. The third-order valence-corrected chi connectivity index (χ3v) is 6.53. The van der Waals surface area contributed by atoms with Crippen LogP contribution < -0.4 is 0 Å². The number of fused-ring (bicyclic) bond motifs is 3. The van der Waals surface area contributed by atoms with Gasteiger partial charge in [-0.05, 0) is 58.0 Å². The summed E-state index contributed by atoms with van der Waals surface area (Å²) in [6.07, 6.45) is 3.82. The van der Waals surface area contributed by atoms with Gasteiger partial charge in [-0.1, -0.05) is 91.0 Å². The predicted octanol–water partition coefficient (Wildman–Crippen LogP) is 7.23. The molecule has 1 aliphatic rings. The fourth-order valence-corrected chi connectivity index (χ4v) is 4.90. The number of rotatable bonds is 4. The van der Waals surface area contributed by atoms with Crippen molar-refractivity contribution < 1.29 is 9.53 Å². The van der Waals surface area contributed by atoms with Crippen LogP contribution >= 0.6 is 0 Å². The Morgan fingerprint density at radius 3 is 2.41 bits per heavy atom. The number of para-hydroxylation sites is 1. The molecule has 0 fully saturated rings. The van der Waals surface area contributed by atoms with E-state index in [1.54, 1.807) is 0 Å². The van der Waals surface area contributed by atoms with E-state index in [-0.39, 0.29) is 12.6 Å². The van der Waals surface area contributed by atoms with Gasteiger partial charge in [-0.25, -0.2) is 9.78 Å². The van der Waals surface area contributed by atoms with Crippen molar-refractivity contribution in [2.24, 2.45) is 0 Å². The Hall–Kier alpha value is -4.24. The second-order valence-electron chi connectivity index (χ2n) is 8.63. The van der Waals surface area contributed by atoms with E-state index in [0.29, 0.717) is 5.56 Å². The molecule has 6 rings (SSSR count). The van der Waals surface area contributed by atoms with Crippen LogP contribution in [0.4, 0.5) is 0 Å². The quantitative estimate of drug-likeness (QED) is 0.276. The maximum atomic E-state index is 13.5. The molecule has 0 spiro atoms. The summed E-state index contributed by atoms with van der Waals surface area (Å²) < 4.78 is 5.92. The van der Waals surface area contributed by atoms with Crippen LogP contribution in [0.15, 0.2) is 97.1 Å². The minimum absolute atomic E-state index is 0.234. The molecule has 0 saturated heterocycles. The second-order valence-corrected chi connectivity index (χ2v) is 8.63. The maximum Gasteiger partial charge on any atom is 0.339 e. The summed E-state index contributed by atoms with van der Waals surface area (Å²) in [7, 11) is 0. The number of carbonyl (C=O) groups is 1. The fourth-order valence-electron chi connectivity index (χ4n) is 4.90. The summed E-state index contributed by atoms with van der Waals surface area (Å²) >= 11 is 0. The molecule has 34 heavy (non-hydrogen) atoms. The summed E-state index contributed by atoms with van der Waals surface area (Å²) in [5, 5.41) is 3.10. The van der Waals surface area contributed by atoms with Crippen molar-refractivity contribution in [1.29, 1.82) is 0 Å². The van der Waals surface area contributed by atoms with Crippen LogP contribution in [0, 0.1) is 0 Å². The fraction of sp³-hybridized carbons (Fsp3) is 0.0968. The van der Waals surface area contributed by atoms with Crippen molar-refractivity contribution in [3.63, 3.8) is 0 Å². The van der Waals surface area contributed by atoms with Crippen molar-refractivity contribution in [3.8, 4) is 0 Å². The molecule has 1 aliphatic carbocycles. The van der Waals surface area contributed by atoms with E-state index in [0.717, 1.165) is 62.5 Å². The number of nitrogens with zero attached hydrogens (tertiary/aromatic N) is 1. The lowest BCUT2D eigenvalue weighted by molar-refractivity contribution is 0.0475. The minimum atomic E-state index is -0.288. The Morgan fingerprint density at radius 2 is 1.53 bits per heavy atom. The lowest BCUT2D eigenvalue weighted by atomic mass is 10.0. The number of benzene rings is 4. The molecule has 0 radical (unpaired) electrons. The molecular weight excluding hydrogens is 418 g/mol. The lowest BCUT2D eigenvalue weighted by Crippen LogP contribution is -2.10. The number of aromatic nitrogens is 1. The van der Waals surface area contributed by atoms with Gasteiger partial charge in [0.2, 0.25) is 0 Å². The molecule has 4 aromatic carbocycles. The van der Waals surface area contributed by atoms with Crippen molar-refractivity contribution in [2.75, 3.05) is 0 Å². The van der Waals surface area contributed by atoms with Gasteiger partial charge < -0.3 is 4.74 Å². The van der Waals surface area contributed by atoms with Crippen molar-refractivity contribution in [1.82, 2.24) is 4.98 Å². The largest absolute Gasteiger partial charge is 0.457 e. The summed E-state index contributed by atoms with van der Waals surface area (Å²) in [6.45, 7) is 0.234. The maximum absolute atomic E-state index is 13.5. The molecule has 0 unspecified atom stereocenters. The number of esters is 1. The van der Waals surface area contributed by atoms with Crippen molar-refractivity contribution in [3.05, 3.63) is 125 Å². The second kappa shape index (κ2) is 8.60. The molecule has 1 heterocycles. The molecule has 0 atom stereocenters. The summed E-state index contributed by atoms with van der Waals surface area (Å²) in [6, 6.07) is 32.4. The highest BCUT2D eigenvalue weighted by Crippen LogP contribution is 2.38. The van der Waals surface area contributed by atoms with E-state index < -0.39 is 0 Å². The highest BCUT2D eigenvalue weighted by Gasteiger charge is 2.27. The van der Waals surface area contributed by atoms with Crippen LogP contribution in [0.25, 0.3) is 33.3 Å². The first kappa shape index (κ1) is 20.4. The summed E-state index contributed by atoms with van der Waals surface area (Å²) in [4.78, 5) is 18.5. The molecule has 164 valence electrons. The van der Waals surface area contributed by atoms with Crippen molar-refractivity contribution in [2.45, 2.75) is 19.4 Å². The van der Waals surface area contributed by atoms with E-state index in [4.69, 9.17) is 9.72 Å². The number of hydrogen-bond donors (Lipinski definition) is 0. The SMILES string of the molecule is O=C(OCc1cccc2ccccc12)c1c2c(nc3ccccc13)C(=Cc1ccccc1)CC2. The average molecular weight is 442 g/mol. The Morgan fingerprint density at radius 1 is 0.794 bits per heavy atom. The van der Waals surface area contributed by atoms with E-state index >= 15 is 0 Å². The van der Waals surface area contributed by atoms with Gasteiger partial charge >= 0.3 is 5.97 Å². The number of carbonyl (C=O) groups excluding carboxylic acids is 1. The molecule has 5 aromatic rings. The van der Waals surface area contributed by atoms with E-state index in [1.165, 1.54) is 0 Å². The summed E-state index contributed by atoms with van der Waals surface area (Å²) in [5.74, 6) is -0.288. The number of ether oxygens (including phenoxy) is 1. The van der Waals surface area contributed by atoms with Gasteiger partial charge in [-0.3, -0.25) is 0 Å². The van der Waals surface area contributed by atoms with Gasteiger partial charge in [-0.2, -0.15) is 0 Å². The molecule has 0 aliphatic heterocycles. The number of pyridine rings is 1. The Balaban J connectivity index is 1.39. The van der Waals surface area contributed by atoms with Gasteiger partial charge in [0.25, 0.3) is 0 Å². The number of hydrogen-bond acceptors (Lipinski definition) is 3. The zero-order valence-corrected chi connectivity index (χ0v) is 18.7. The van der Waals surface area contributed by atoms with Crippen LogP contribution in [0.2, 0.25) is 0 Å². The highest BCUT2D eigenvalue weighted by molar-refractivity contribution is 6.07. The van der Waals surface area contributed by atoms with E-state index in [9.17, 15) is 4.79 Å². The molecule has 0 saturated carbocycles. The van der Waals surface area contributed by atoms with Crippen LogP contribution in [0.5, 0.6) is 0 Å². The van der Waals surface area contributed by atoms with Crippen LogP contribution in [0.1, 0.15) is 39.2 Å². The topological polar surface area (TPSA) is 39.2 Å². The van der Waals surface area contributed by atoms with Crippen molar-refractivity contribution >= 4 is 39.3 Å². The molecule has 3 nitrogen and oxygen atoms in total. The zero-order valence-electron chi connectivity index (χ0n) is 18.7. The van der Waals surface area contributed by atoms with Gasteiger partial charge in [0.15, 0.2) is 0 Å². The minimum Gasteiger partial charge on any atom is -0.457 e. The summed E-state index contributed by atoms with van der Waals surface area (Å²) in [5.41, 5.74) is 6.68. The van der Waals surface area contributed by atoms with Gasteiger partial charge in [0.05, 0.1) is 16.8 Å². The number of allylic oxidation sites excluding steroid dienone is 1. The zero-order chi connectivity index (χ0) is 22.9. The van der Waals surface area contributed by atoms with Crippen LogP contribution in [-0.2, 0) is 17.8 Å². The first-order valence-corrected chi connectivity index (χ1v) is 11.6. The third kappa shape index (κ3) is 3.65. The molecule has 0 bridgehead atoms. The monoisotopic (exact) mass is 441 g/mol. The first-order chi connectivity index (χ1) is 16.8. The average Bonchev–Trinajstić information content (AvgIpc) is 3.28. The normalized spacial score (nSPS) is 13.9.